The molecule has 0 amide bonds. The van der Waals surface area contributed by atoms with Crippen molar-refractivity contribution in [2.45, 2.75) is 32.3 Å². The molecule has 0 saturated carbocycles. The van der Waals surface area contributed by atoms with Gasteiger partial charge in [-0.25, -0.2) is 4.79 Å². The van der Waals surface area contributed by atoms with Gasteiger partial charge < -0.3 is 9.84 Å². The van der Waals surface area contributed by atoms with Crippen LogP contribution in [0.2, 0.25) is 0 Å². The van der Waals surface area contributed by atoms with Crippen molar-refractivity contribution < 1.29 is 14.6 Å². The second-order valence-electron chi connectivity index (χ2n) is 3.22. The average molecular weight is 170 g/mol. The fourth-order valence-corrected chi connectivity index (χ4v) is 0.995. The van der Waals surface area contributed by atoms with Crippen LogP contribution in [0, 0.1) is 0 Å². The van der Waals surface area contributed by atoms with Crippen LogP contribution in [0.1, 0.15) is 26.7 Å². The Morgan fingerprint density at radius 1 is 1.75 bits per heavy atom. The lowest BCUT2D eigenvalue weighted by Crippen LogP contribution is -2.08. The summed E-state index contributed by atoms with van der Waals surface area (Å²) in [6.07, 6.45) is 3.41. The van der Waals surface area contributed by atoms with Crippen molar-refractivity contribution in [3.63, 3.8) is 0 Å². The molecule has 0 bridgehead atoms. The largest absolute Gasteiger partial charge is 0.478 e. The molecular weight excluding hydrogens is 156 g/mol. The first-order valence-corrected chi connectivity index (χ1v) is 4.14. The van der Waals surface area contributed by atoms with Crippen molar-refractivity contribution in [1.82, 2.24) is 0 Å². The summed E-state index contributed by atoms with van der Waals surface area (Å²) in [7, 11) is 0. The minimum absolute atomic E-state index is 0.0310. The first-order valence-electron chi connectivity index (χ1n) is 4.14. The number of hydrogen-bond donors (Lipinski definition) is 1. The molecule has 0 spiro atoms. The predicted octanol–water partition coefficient (Wildman–Crippen LogP) is 1.59. The molecule has 0 aromatic rings. The lowest BCUT2D eigenvalue weighted by atomic mass is 10.0. The first-order chi connectivity index (χ1) is 5.59. The van der Waals surface area contributed by atoms with Crippen LogP contribution < -0.4 is 0 Å². The highest BCUT2D eigenvalue weighted by Crippen LogP contribution is 2.34. The van der Waals surface area contributed by atoms with E-state index in [4.69, 9.17) is 9.84 Å². The second kappa shape index (κ2) is 3.27. The Morgan fingerprint density at radius 3 is 2.67 bits per heavy atom. The van der Waals surface area contributed by atoms with Gasteiger partial charge in [-0.1, -0.05) is 13.0 Å². The molecule has 1 rings (SSSR count). The molecule has 1 aliphatic heterocycles. The highest BCUT2D eigenvalue weighted by atomic mass is 16.6. The van der Waals surface area contributed by atoms with E-state index in [1.165, 1.54) is 0 Å². The zero-order valence-corrected chi connectivity index (χ0v) is 7.46. The summed E-state index contributed by atoms with van der Waals surface area (Å²) in [6.45, 7) is 4.43. The molecule has 3 heteroatoms. The number of carbonyl (C=O) groups is 1. The van der Waals surface area contributed by atoms with Crippen molar-refractivity contribution in [2.24, 2.45) is 0 Å². The third-order valence-electron chi connectivity index (χ3n) is 2.31. The minimum Gasteiger partial charge on any atom is -0.478 e. The normalized spacial score (nSPS) is 28.7. The third kappa shape index (κ3) is 2.08. The molecule has 1 N–H and O–H groups in total. The van der Waals surface area contributed by atoms with E-state index in [1.54, 1.807) is 13.0 Å². The Bertz CT molecular complexity index is 214. The quantitative estimate of drug-likeness (QED) is 0.515. The Labute approximate surface area is 72.0 Å². The summed E-state index contributed by atoms with van der Waals surface area (Å²) in [5.41, 5.74) is 0.370. The van der Waals surface area contributed by atoms with Gasteiger partial charge in [-0.05, 0) is 19.8 Å². The van der Waals surface area contributed by atoms with E-state index in [0.717, 1.165) is 19.4 Å². The number of aliphatic carboxylic acids is 1. The molecule has 1 aliphatic rings. The SMILES string of the molecule is CCC1(CC=C(C)C(=O)O)CO1. The predicted molar refractivity (Wildman–Crippen MR) is 45.0 cm³/mol. The fourth-order valence-electron chi connectivity index (χ4n) is 0.995. The van der Waals surface area contributed by atoms with Gasteiger partial charge in [0.15, 0.2) is 0 Å². The van der Waals surface area contributed by atoms with Gasteiger partial charge in [0, 0.05) is 5.57 Å². The van der Waals surface area contributed by atoms with Gasteiger partial charge in [-0.3, -0.25) is 0 Å². The molecule has 1 heterocycles. The Kier molecular flexibility index (Phi) is 2.52. The van der Waals surface area contributed by atoms with E-state index < -0.39 is 5.97 Å². The van der Waals surface area contributed by atoms with Crippen molar-refractivity contribution >= 4 is 5.97 Å². The van der Waals surface area contributed by atoms with Crippen LogP contribution in [-0.4, -0.2) is 23.3 Å². The molecule has 0 aliphatic carbocycles. The summed E-state index contributed by atoms with van der Waals surface area (Å²) >= 11 is 0. The number of rotatable bonds is 4. The van der Waals surface area contributed by atoms with E-state index >= 15 is 0 Å². The second-order valence-corrected chi connectivity index (χ2v) is 3.22. The van der Waals surface area contributed by atoms with Crippen LogP contribution in [0.5, 0.6) is 0 Å². The van der Waals surface area contributed by atoms with Gasteiger partial charge in [0.25, 0.3) is 0 Å². The Hall–Kier alpha value is -0.830. The van der Waals surface area contributed by atoms with Gasteiger partial charge in [0.05, 0.1) is 12.2 Å². The molecule has 12 heavy (non-hydrogen) atoms. The van der Waals surface area contributed by atoms with E-state index in [9.17, 15) is 4.79 Å². The topological polar surface area (TPSA) is 49.8 Å². The lowest BCUT2D eigenvalue weighted by molar-refractivity contribution is -0.132. The average Bonchev–Trinajstić information content (AvgIpc) is 2.81. The number of epoxide rings is 1. The van der Waals surface area contributed by atoms with Crippen molar-refractivity contribution in [2.75, 3.05) is 6.61 Å². The van der Waals surface area contributed by atoms with Crippen LogP contribution in [-0.2, 0) is 9.53 Å². The lowest BCUT2D eigenvalue weighted by Gasteiger charge is -2.03. The zero-order valence-electron chi connectivity index (χ0n) is 7.46. The van der Waals surface area contributed by atoms with Crippen molar-refractivity contribution in [3.05, 3.63) is 11.6 Å². The Balaban J connectivity index is 2.43. The zero-order chi connectivity index (χ0) is 9.19. The number of carboxylic acid groups (broad SMARTS) is 1. The molecule has 0 aromatic heterocycles. The van der Waals surface area contributed by atoms with Crippen LogP contribution >= 0.6 is 0 Å². The summed E-state index contributed by atoms with van der Waals surface area (Å²) < 4.78 is 5.24. The van der Waals surface area contributed by atoms with Gasteiger partial charge >= 0.3 is 5.97 Å². The van der Waals surface area contributed by atoms with Crippen LogP contribution in [0.15, 0.2) is 11.6 Å². The maximum atomic E-state index is 10.4. The van der Waals surface area contributed by atoms with E-state index in [0.29, 0.717) is 5.57 Å². The molecule has 68 valence electrons. The van der Waals surface area contributed by atoms with Crippen LogP contribution in [0.25, 0.3) is 0 Å². The maximum absolute atomic E-state index is 10.4. The molecule has 1 fully saturated rings. The summed E-state index contributed by atoms with van der Waals surface area (Å²) in [4.78, 5) is 10.4. The van der Waals surface area contributed by atoms with E-state index in [-0.39, 0.29) is 5.60 Å². The fraction of sp³-hybridized carbons (Fsp3) is 0.667. The molecule has 0 radical (unpaired) electrons. The number of carboxylic acids is 1. The molecule has 1 unspecified atom stereocenters. The third-order valence-corrected chi connectivity index (χ3v) is 2.31. The van der Waals surface area contributed by atoms with Crippen molar-refractivity contribution in [3.8, 4) is 0 Å². The van der Waals surface area contributed by atoms with E-state index in [1.807, 2.05) is 0 Å². The monoisotopic (exact) mass is 170 g/mol. The van der Waals surface area contributed by atoms with Crippen molar-refractivity contribution in [1.29, 1.82) is 0 Å². The summed E-state index contributed by atoms with van der Waals surface area (Å²) in [6, 6.07) is 0. The first kappa shape index (κ1) is 9.26. The molecule has 1 atom stereocenters. The smallest absolute Gasteiger partial charge is 0.330 e. The molecule has 3 nitrogen and oxygen atoms in total. The van der Waals surface area contributed by atoms with Gasteiger partial charge in [0.2, 0.25) is 0 Å². The molecule has 0 aromatic carbocycles. The Morgan fingerprint density at radius 2 is 2.33 bits per heavy atom. The van der Waals surface area contributed by atoms with E-state index in [2.05, 4.69) is 6.92 Å². The maximum Gasteiger partial charge on any atom is 0.330 e. The van der Waals surface area contributed by atoms with Crippen LogP contribution in [0.3, 0.4) is 0 Å². The highest BCUT2D eigenvalue weighted by molar-refractivity contribution is 5.85. The van der Waals surface area contributed by atoms with Crippen LogP contribution in [0.4, 0.5) is 0 Å². The van der Waals surface area contributed by atoms with Gasteiger partial charge in [-0.2, -0.15) is 0 Å². The number of ether oxygens (including phenoxy) is 1. The van der Waals surface area contributed by atoms with Gasteiger partial charge in [-0.15, -0.1) is 0 Å². The molecule has 1 saturated heterocycles. The molecular formula is C9H14O3. The minimum atomic E-state index is -0.845. The highest BCUT2D eigenvalue weighted by Gasteiger charge is 2.41. The summed E-state index contributed by atoms with van der Waals surface area (Å²) in [5.74, 6) is -0.845. The summed E-state index contributed by atoms with van der Waals surface area (Å²) in [5, 5.41) is 8.56. The standard InChI is InChI=1S/C9H14O3/c1-3-9(6-12-9)5-4-7(2)8(10)11/h4H,3,5-6H2,1-2H3,(H,10,11). The van der Waals surface area contributed by atoms with Gasteiger partial charge in [0.1, 0.15) is 0 Å². The number of hydrogen-bond acceptors (Lipinski definition) is 2.